The van der Waals surface area contributed by atoms with E-state index >= 15 is 0 Å². The number of fused-ring (bicyclic) bond motifs is 1. The molecule has 1 aliphatic rings. The summed E-state index contributed by atoms with van der Waals surface area (Å²) in [4.78, 5) is 11.4. The Balaban J connectivity index is 1.62. The summed E-state index contributed by atoms with van der Waals surface area (Å²) in [5.41, 5.74) is 3.61. The van der Waals surface area contributed by atoms with E-state index in [1.807, 2.05) is 11.0 Å². The Morgan fingerprint density at radius 3 is 2.50 bits per heavy atom. The molecule has 3 heterocycles. The first-order valence-electron chi connectivity index (χ1n) is 10.9. The maximum atomic E-state index is 13.6. The summed E-state index contributed by atoms with van der Waals surface area (Å²) in [6, 6.07) is 10.6. The van der Waals surface area contributed by atoms with Crippen LogP contribution in [-0.2, 0) is 11.6 Å². The monoisotopic (exact) mass is 465 g/mol. The van der Waals surface area contributed by atoms with Gasteiger partial charge in [-0.25, -0.2) is 4.98 Å². The molecule has 2 aromatic heterocycles. The Kier molecular flexibility index (Phi) is 5.03. The molecule has 4 aromatic rings. The molecule has 0 unspecified atom stereocenters. The molecule has 1 fully saturated rings. The number of aromatic amines is 1. The molecule has 1 radical (unpaired) electrons. The van der Waals surface area contributed by atoms with Gasteiger partial charge in [0.15, 0.2) is 0 Å². The van der Waals surface area contributed by atoms with Gasteiger partial charge in [-0.15, -0.1) is 4.80 Å². The lowest BCUT2D eigenvalue weighted by atomic mass is 9.87. The van der Waals surface area contributed by atoms with Crippen LogP contribution in [0.5, 0.6) is 0 Å². The summed E-state index contributed by atoms with van der Waals surface area (Å²) in [6.07, 6.45) is -0.992. The molecule has 1 aliphatic heterocycles. The molecular weight excluding hydrogens is 441 g/mol. The average Bonchev–Trinajstić information content (AvgIpc) is 3.50. The van der Waals surface area contributed by atoms with Crippen LogP contribution in [0.15, 0.2) is 54.9 Å². The van der Waals surface area contributed by atoms with Crippen molar-refractivity contribution < 1.29 is 13.2 Å². The Morgan fingerprint density at radius 2 is 1.82 bits per heavy atom. The van der Waals surface area contributed by atoms with Crippen LogP contribution >= 0.6 is 0 Å². The third-order valence-corrected chi connectivity index (χ3v) is 6.09. The first-order chi connectivity index (χ1) is 16.0. The van der Waals surface area contributed by atoms with Crippen molar-refractivity contribution in [1.29, 1.82) is 0 Å². The van der Waals surface area contributed by atoms with E-state index in [1.165, 1.54) is 17.2 Å². The fourth-order valence-corrected chi connectivity index (χ4v) is 4.30. The number of H-pyrrole nitrogens is 1. The van der Waals surface area contributed by atoms with E-state index in [4.69, 9.17) is 4.98 Å². The van der Waals surface area contributed by atoms with Crippen molar-refractivity contribution in [2.45, 2.75) is 44.8 Å². The van der Waals surface area contributed by atoms with Gasteiger partial charge in [0.25, 0.3) is 0 Å². The number of hydrogen-bond donors (Lipinski definition) is 1. The van der Waals surface area contributed by atoms with Crippen molar-refractivity contribution in [2.24, 2.45) is 0 Å². The summed E-state index contributed by atoms with van der Waals surface area (Å²) in [5, 5.41) is 8.23. The third-order valence-electron chi connectivity index (χ3n) is 6.09. The van der Waals surface area contributed by atoms with Gasteiger partial charge in [0.2, 0.25) is 0 Å². The van der Waals surface area contributed by atoms with Crippen LogP contribution in [0, 0.1) is 6.07 Å². The number of imidazole rings is 1. The predicted octanol–water partition coefficient (Wildman–Crippen LogP) is 5.77. The molecule has 34 heavy (non-hydrogen) atoms. The van der Waals surface area contributed by atoms with Crippen LogP contribution in [0.25, 0.3) is 16.7 Å². The van der Waals surface area contributed by atoms with Crippen molar-refractivity contribution >= 4 is 16.7 Å². The van der Waals surface area contributed by atoms with E-state index in [-0.39, 0.29) is 11.5 Å². The van der Waals surface area contributed by atoms with E-state index in [0.29, 0.717) is 30.2 Å². The van der Waals surface area contributed by atoms with Gasteiger partial charge in [-0.2, -0.15) is 23.4 Å². The van der Waals surface area contributed by atoms with Crippen LogP contribution in [-0.4, -0.2) is 31.5 Å². The molecule has 5 rings (SSSR count). The minimum absolute atomic E-state index is 0.0273. The number of hydrogen-bond acceptors (Lipinski definition) is 4. The highest BCUT2D eigenvalue weighted by Gasteiger charge is 2.36. The van der Waals surface area contributed by atoms with Gasteiger partial charge < -0.3 is 9.88 Å². The molecular formula is C25H24F3N6. The molecule has 0 spiro atoms. The molecule has 1 atom stereocenters. The van der Waals surface area contributed by atoms with E-state index in [0.717, 1.165) is 34.3 Å². The lowest BCUT2D eigenvalue weighted by molar-refractivity contribution is -0.137. The maximum absolute atomic E-state index is 13.6. The highest BCUT2D eigenvalue weighted by atomic mass is 19.4. The van der Waals surface area contributed by atoms with Crippen molar-refractivity contribution in [2.75, 3.05) is 11.4 Å². The third kappa shape index (κ3) is 3.95. The van der Waals surface area contributed by atoms with Crippen molar-refractivity contribution in [3.63, 3.8) is 0 Å². The number of alkyl halides is 3. The lowest BCUT2D eigenvalue weighted by Crippen LogP contribution is -2.26. The molecule has 1 N–H and O–H groups in total. The standard InChI is InChI=1S/C25H24F3N6/c1-15-11-22(23-31-18-7-5-16(24(2,3)4)12-19(18)32-23)33(14-15)21-13-17(25(26,27)28)6-8-20(21)34-29-9-10-30-34/h5-7,9-10,12-13,22H,1,11,14H2,2-4H3,(H,31,32)/t22-/m0/s1. The van der Waals surface area contributed by atoms with Crippen LogP contribution in [0.2, 0.25) is 0 Å². The second-order valence-corrected chi connectivity index (χ2v) is 9.64. The highest BCUT2D eigenvalue weighted by Crippen LogP contribution is 2.42. The molecule has 6 nitrogen and oxygen atoms in total. The molecule has 175 valence electrons. The predicted molar refractivity (Wildman–Crippen MR) is 124 cm³/mol. The Labute approximate surface area is 195 Å². The van der Waals surface area contributed by atoms with Crippen molar-refractivity contribution in [3.05, 3.63) is 77.9 Å². The van der Waals surface area contributed by atoms with Crippen LogP contribution in [0.3, 0.4) is 0 Å². The second-order valence-electron chi connectivity index (χ2n) is 9.64. The number of rotatable bonds is 3. The van der Waals surface area contributed by atoms with Gasteiger partial charge in [0.1, 0.15) is 11.5 Å². The number of nitrogens with zero attached hydrogens (tertiary/aromatic N) is 5. The molecule has 9 heteroatoms. The number of nitrogens with one attached hydrogen (secondary N) is 1. The summed E-state index contributed by atoms with van der Waals surface area (Å²) in [7, 11) is 0. The van der Waals surface area contributed by atoms with Gasteiger partial charge in [-0.1, -0.05) is 39.0 Å². The molecule has 1 saturated heterocycles. The van der Waals surface area contributed by atoms with Crippen molar-refractivity contribution in [1.82, 2.24) is 25.0 Å². The lowest BCUT2D eigenvalue weighted by Gasteiger charge is -2.27. The van der Waals surface area contributed by atoms with E-state index in [1.54, 1.807) is 0 Å². The second kappa shape index (κ2) is 7.72. The first kappa shape index (κ1) is 22.2. The topological polar surface area (TPSA) is 62.6 Å². The average molecular weight is 466 g/mol. The Hall–Kier alpha value is -3.62. The maximum Gasteiger partial charge on any atom is 0.416 e. The smallest absolute Gasteiger partial charge is 0.355 e. The van der Waals surface area contributed by atoms with E-state index in [9.17, 15) is 13.2 Å². The number of aromatic nitrogens is 5. The zero-order valence-electron chi connectivity index (χ0n) is 19.1. The van der Waals surface area contributed by atoms with Gasteiger partial charge >= 0.3 is 6.18 Å². The zero-order chi connectivity index (χ0) is 24.3. The first-order valence-corrected chi connectivity index (χ1v) is 10.9. The molecule has 0 amide bonds. The van der Waals surface area contributed by atoms with Crippen LogP contribution < -0.4 is 4.90 Å². The largest absolute Gasteiger partial charge is 0.416 e. The van der Waals surface area contributed by atoms with Gasteiger partial charge in [0, 0.05) is 12.6 Å². The van der Waals surface area contributed by atoms with Gasteiger partial charge in [0.05, 0.1) is 40.7 Å². The molecule has 0 bridgehead atoms. The minimum atomic E-state index is -4.50. The SMILES string of the molecule is C=C1C[C@@H](c2nc3cc(C(C)(C)C)ccc3[nH]2)N(c2cc(C(F)(F)F)c[c]c2-n2nccn2)C1. The zero-order valence-corrected chi connectivity index (χ0v) is 19.1. The van der Waals surface area contributed by atoms with Gasteiger partial charge in [-0.05, 0) is 41.7 Å². The normalized spacial score (nSPS) is 17.2. The highest BCUT2D eigenvalue weighted by molar-refractivity contribution is 5.77. The van der Waals surface area contributed by atoms with Crippen molar-refractivity contribution in [3.8, 4) is 5.69 Å². The number of anilines is 1. The molecule has 0 saturated carbocycles. The molecule has 2 aromatic carbocycles. The van der Waals surface area contributed by atoms with Crippen LogP contribution in [0.4, 0.5) is 18.9 Å². The van der Waals surface area contributed by atoms with E-state index < -0.39 is 11.7 Å². The number of halogens is 3. The minimum Gasteiger partial charge on any atom is -0.355 e. The summed E-state index contributed by atoms with van der Waals surface area (Å²) in [5.74, 6) is 0.677. The van der Waals surface area contributed by atoms with Crippen LogP contribution in [0.1, 0.15) is 50.2 Å². The summed E-state index contributed by atoms with van der Waals surface area (Å²) in [6.45, 7) is 10.9. The fraction of sp³-hybridized carbons (Fsp3) is 0.320. The summed E-state index contributed by atoms with van der Waals surface area (Å²) >= 11 is 0. The van der Waals surface area contributed by atoms with Gasteiger partial charge in [-0.3, -0.25) is 0 Å². The quantitative estimate of drug-likeness (QED) is 0.391. The summed E-state index contributed by atoms with van der Waals surface area (Å²) < 4.78 is 40.8. The fourth-order valence-electron chi connectivity index (χ4n) is 4.30. The molecule has 0 aliphatic carbocycles. The number of benzene rings is 2. The Bertz CT molecular complexity index is 1360. The van der Waals surface area contributed by atoms with E-state index in [2.05, 4.69) is 60.7 Å². The Morgan fingerprint density at radius 1 is 1.09 bits per heavy atom.